The number of pyridine rings is 1. The number of ether oxygens (including phenoxy) is 2. The van der Waals surface area contributed by atoms with Crippen LogP contribution in [0, 0.1) is 6.92 Å². The van der Waals surface area contributed by atoms with Crippen LogP contribution in [0.2, 0.25) is 0 Å². The summed E-state index contributed by atoms with van der Waals surface area (Å²) in [6, 6.07) is 33.3. The van der Waals surface area contributed by atoms with Gasteiger partial charge < -0.3 is 24.1 Å². The van der Waals surface area contributed by atoms with Crippen LogP contribution in [0.4, 0.5) is 5.69 Å². The lowest BCUT2D eigenvalue weighted by Crippen LogP contribution is -2.29. The first kappa shape index (κ1) is 25.6. The van der Waals surface area contributed by atoms with E-state index in [0.29, 0.717) is 11.7 Å². The molecule has 2 aromatic heterocycles. The topological polar surface area (TPSA) is 59.8 Å². The van der Waals surface area contributed by atoms with Gasteiger partial charge in [0.1, 0.15) is 34.8 Å². The van der Waals surface area contributed by atoms with Crippen molar-refractivity contribution in [3.05, 3.63) is 126 Å². The van der Waals surface area contributed by atoms with Crippen LogP contribution in [0.25, 0.3) is 11.3 Å². The fourth-order valence-corrected chi connectivity index (χ4v) is 5.23. The second kappa shape index (κ2) is 11.2. The van der Waals surface area contributed by atoms with Gasteiger partial charge in [0.25, 0.3) is 0 Å². The van der Waals surface area contributed by atoms with Crippen molar-refractivity contribution in [2.75, 3.05) is 11.5 Å². The second-order valence-electron chi connectivity index (χ2n) is 9.57. The summed E-state index contributed by atoms with van der Waals surface area (Å²) in [5.74, 6) is 3.94. The molecule has 6 nitrogen and oxygen atoms in total. The van der Waals surface area contributed by atoms with Crippen LogP contribution in [-0.2, 0) is 0 Å². The van der Waals surface area contributed by atoms with Gasteiger partial charge in [-0.2, -0.15) is 0 Å². The summed E-state index contributed by atoms with van der Waals surface area (Å²) < 4.78 is 18.1. The quantitative estimate of drug-likeness (QED) is 0.197. The van der Waals surface area contributed by atoms with Gasteiger partial charge in [-0.15, -0.1) is 0 Å². The largest absolute Gasteiger partial charge is 0.494 e. The van der Waals surface area contributed by atoms with Gasteiger partial charge >= 0.3 is 0 Å². The van der Waals surface area contributed by atoms with E-state index in [9.17, 15) is 0 Å². The fraction of sp³-hybridized carbons (Fsp3) is 0.152. The lowest BCUT2D eigenvalue weighted by Gasteiger charge is -2.26. The van der Waals surface area contributed by atoms with Crippen molar-refractivity contribution in [2.45, 2.75) is 25.9 Å². The Bertz CT molecular complexity index is 1580. The monoisotopic (exact) mass is 547 g/mol. The van der Waals surface area contributed by atoms with Crippen molar-refractivity contribution < 1.29 is 13.9 Å². The maximum atomic E-state index is 6.48. The molecule has 5 aromatic rings. The lowest BCUT2D eigenvalue weighted by atomic mass is 10.0. The Morgan fingerprint density at radius 2 is 1.55 bits per heavy atom. The number of nitrogens with zero attached hydrogens (tertiary/aromatic N) is 2. The van der Waals surface area contributed by atoms with Crippen LogP contribution in [0.1, 0.15) is 36.0 Å². The van der Waals surface area contributed by atoms with Crippen LogP contribution < -0.4 is 19.7 Å². The van der Waals surface area contributed by atoms with Gasteiger partial charge in [-0.3, -0.25) is 4.98 Å². The summed E-state index contributed by atoms with van der Waals surface area (Å²) >= 11 is 5.87. The van der Waals surface area contributed by atoms with E-state index in [0.717, 1.165) is 45.7 Å². The third kappa shape index (κ3) is 5.28. The number of aromatic nitrogens is 1. The minimum absolute atomic E-state index is 0.198. The average Bonchev–Trinajstić information content (AvgIpc) is 3.60. The van der Waals surface area contributed by atoms with Gasteiger partial charge in [0.15, 0.2) is 5.11 Å². The van der Waals surface area contributed by atoms with Crippen molar-refractivity contribution in [2.24, 2.45) is 0 Å². The molecule has 3 heterocycles. The Hall–Kier alpha value is -4.62. The number of anilines is 1. The highest BCUT2D eigenvalue weighted by Gasteiger charge is 2.42. The Morgan fingerprint density at radius 1 is 0.850 bits per heavy atom. The Morgan fingerprint density at radius 3 is 2.23 bits per heavy atom. The number of benzene rings is 3. The van der Waals surface area contributed by atoms with Gasteiger partial charge in [0.05, 0.1) is 18.3 Å². The average molecular weight is 548 g/mol. The zero-order valence-electron chi connectivity index (χ0n) is 22.3. The highest BCUT2D eigenvalue weighted by molar-refractivity contribution is 7.80. The summed E-state index contributed by atoms with van der Waals surface area (Å²) in [5, 5.41) is 4.09. The molecule has 200 valence electrons. The van der Waals surface area contributed by atoms with Crippen molar-refractivity contribution in [3.63, 3.8) is 0 Å². The van der Waals surface area contributed by atoms with Gasteiger partial charge in [-0.1, -0.05) is 23.8 Å². The summed E-state index contributed by atoms with van der Waals surface area (Å²) in [4.78, 5) is 6.72. The van der Waals surface area contributed by atoms with Crippen molar-refractivity contribution in [1.29, 1.82) is 0 Å². The molecule has 1 N–H and O–H groups in total. The SMILES string of the molecule is CCOc1ccc(-c2ccc([C@@H]3[C@H](c4ccccn4)NC(=S)N3c3ccc(Oc4ccc(C)cc4)cc3)o2)cc1. The van der Waals surface area contributed by atoms with Crippen LogP contribution in [-0.4, -0.2) is 16.7 Å². The molecular formula is C33H29N3O3S. The predicted molar refractivity (Wildman–Crippen MR) is 161 cm³/mol. The Balaban J connectivity index is 1.32. The van der Waals surface area contributed by atoms with Gasteiger partial charge in [0, 0.05) is 17.4 Å². The highest BCUT2D eigenvalue weighted by atomic mass is 32.1. The molecule has 40 heavy (non-hydrogen) atoms. The summed E-state index contributed by atoms with van der Waals surface area (Å²) in [6.45, 7) is 4.66. The molecule has 6 rings (SSSR count). The predicted octanol–water partition coefficient (Wildman–Crippen LogP) is 8.02. The first-order chi connectivity index (χ1) is 19.6. The van der Waals surface area contributed by atoms with Gasteiger partial charge in [-0.25, -0.2) is 0 Å². The van der Waals surface area contributed by atoms with E-state index in [1.54, 1.807) is 6.20 Å². The molecule has 2 atom stereocenters. The molecule has 0 saturated carbocycles. The van der Waals surface area contributed by atoms with Crippen LogP contribution >= 0.6 is 12.2 Å². The fourth-order valence-electron chi connectivity index (χ4n) is 4.89. The number of aryl methyl sites for hydroxylation is 1. The first-order valence-electron chi connectivity index (χ1n) is 13.3. The smallest absolute Gasteiger partial charge is 0.174 e. The number of nitrogens with one attached hydrogen (secondary N) is 1. The van der Waals surface area contributed by atoms with Crippen LogP contribution in [0.15, 0.2) is 114 Å². The summed E-state index contributed by atoms with van der Waals surface area (Å²) in [5.41, 5.74) is 3.98. The van der Waals surface area contributed by atoms with E-state index >= 15 is 0 Å². The Kier molecular flexibility index (Phi) is 7.21. The van der Waals surface area contributed by atoms with E-state index in [-0.39, 0.29) is 12.1 Å². The first-order valence-corrected chi connectivity index (χ1v) is 13.7. The van der Waals surface area contributed by atoms with Gasteiger partial charge in [0.2, 0.25) is 0 Å². The van der Waals surface area contributed by atoms with E-state index in [1.165, 1.54) is 5.56 Å². The van der Waals surface area contributed by atoms with Gasteiger partial charge in [-0.05, 0) is 111 Å². The molecule has 7 heteroatoms. The maximum absolute atomic E-state index is 6.48. The molecule has 3 aromatic carbocycles. The summed E-state index contributed by atoms with van der Waals surface area (Å²) in [7, 11) is 0. The molecule has 0 bridgehead atoms. The minimum Gasteiger partial charge on any atom is -0.494 e. The van der Waals surface area contributed by atoms with Crippen LogP contribution in [0.5, 0.6) is 17.2 Å². The van der Waals surface area contributed by atoms with Crippen molar-refractivity contribution in [1.82, 2.24) is 10.3 Å². The lowest BCUT2D eigenvalue weighted by molar-refractivity contribution is 0.340. The molecule has 1 fully saturated rings. The second-order valence-corrected chi connectivity index (χ2v) is 9.95. The van der Waals surface area contributed by atoms with E-state index in [4.69, 9.17) is 26.1 Å². The zero-order valence-corrected chi connectivity index (χ0v) is 23.1. The molecule has 1 saturated heterocycles. The highest BCUT2D eigenvalue weighted by Crippen LogP contribution is 2.43. The normalized spacial score (nSPS) is 16.6. The third-order valence-corrected chi connectivity index (χ3v) is 7.15. The molecule has 1 aliphatic rings. The molecule has 0 unspecified atom stereocenters. The zero-order chi connectivity index (χ0) is 27.5. The number of hydrogen-bond acceptors (Lipinski definition) is 5. The molecule has 0 amide bonds. The molecule has 0 aliphatic carbocycles. The number of rotatable bonds is 8. The molecule has 0 spiro atoms. The van der Waals surface area contributed by atoms with Crippen molar-refractivity contribution >= 4 is 23.0 Å². The number of hydrogen-bond donors (Lipinski definition) is 1. The molecular weight excluding hydrogens is 518 g/mol. The summed E-state index contributed by atoms with van der Waals surface area (Å²) in [6.07, 6.45) is 1.80. The maximum Gasteiger partial charge on any atom is 0.174 e. The standard InChI is InChI=1S/C33H29N3O3S/c1-3-37-25-15-9-23(10-16-25)29-19-20-30(39-29)32-31(28-6-4-5-21-34-28)35-33(40)36(32)24-11-17-27(18-12-24)38-26-13-7-22(2)8-14-26/h4-21,31-32H,3H2,1-2H3,(H,35,40)/t31-,32+/m0/s1. The molecule has 0 radical (unpaired) electrons. The van der Waals surface area contributed by atoms with E-state index in [2.05, 4.69) is 22.1 Å². The minimum atomic E-state index is -0.247. The van der Waals surface area contributed by atoms with E-state index < -0.39 is 0 Å². The van der Waals surface area contributed by atoms with Crippen molar-refractivity contribution in [3.8, 4) is 28.6 Å². The Labute approximate surface area is 239 Å². The molecule has 1 aliphatic heterocycles. The third-order valence-electron chi connectivity index (χ3n) is 6.84. The van der Waals surface area contributed by atoms with Crippen LogP contribution in [0.3, 0.4) is 0 Å². The van der Waals surface area contributed by atoms with E-state index in [1.807, 2.05) is 110 Å². The number of thiocarbonyl (C=S) groups is 1. The number of furan rings is 1.